The van der Waals surface area contributed by atoms with Gasteiger partial charge in [0.25, 0.3) is 5.91 Å². The Morgan fingerprint density at radius 3 is 2.50 bits per heavy atom. The summed E-state index contributed by atoms with van der Waals surface area (Å²) >= 11 is 0. The van der Waals surface area contributed by atoms with Gasteiger partial charge >= 0.3 is 0 Å². The number of rotatable bonds is 10. The molecule has 4 amide bonds. The van der Waals surface area contributed by atoms with Crippen LogP contribution in [0.5, 0.6) is 5.75 Å². The molecule has 0 saturated carbocycles. The van der Waals surface area contributed by atoms with Crippen LogP contribution in [0.1, 0.15) is 18.4 Å². The van der Waals surface area contributed by atoms with E-state index in [1.807, 2.05) is 36.4 Å². The third-order valence-corrected chi connectivity index (χ3v) is 4.98. The molecule has 1 aliphatic heterocycles. The molecule has 0 fully saturated rings. The van der Waals surface area contributed by atoms with E-state index in [-0.39, 0.29) is 50.8 Å². The zero-order valence-electron chi connectivity index (χ0n) is 17.6. The Kier molecular flexibility index (Phi) is 7.80. The maximum absolute atomic E-state index is 12.7. The van der Waals surface area contributed by atoms with Gasteiger partial charge in [-0.2, -0.15) is 0 Å². The molecule has 0 aliphatic carbocycles. The Hall–Kier alpha value is -3.88. The number of ether oxygens (including phenoxy) is 1. The lowest BCUT2D eigenvalue weighted by Crippen LogP contribution is -2.49. The Morgan fingerprint density at radius 1 is 1.03 bits per heavy atom. The average Bonchev–Trinajstić information content (AvgIpc) is 2.78. The minimum absolute atomic E-state index is 0.0102. The number of carbonyl (C=O) groups is 4. The molecular weight excluding hydrogens is 412 g/mol. The quantitative estimate of drug-likeness (QED) is 0.498. The summed E-state index contributed by atoms with van der Waals surface area (Å²) in [6, 6.07) is 15.6. The second-order valence-corrected chi connectivity index (χ2v) is 7.37. The molecule has 0 spiro atoms. The molecule has 2 aromatic rings. The smallest absolute Gasteiger partial charge is 0.265 e. The van der Waals surface area contributed by atoms with Gasteiger partial charge in [-0.1, -0.05) is 42.5 Å². The Balaban J connectivity index is 1.62. The molecule has 168 valence electrons. The van der Waals surface area contributed by atoms with Gasteiger partial charge in [-0.15, -0.1) is 0 Å². The molecule has 2 aromatic carbocycles. The monoisotopic (exact) mass is 438 g/mol. The SMILES string of the molecule is NC(=O)CCNC(=O)C(Cc1ccccc1)NC(=O)CCN1C(=O)COc2ccccc21. The fourth-order valence-electron chi connectivity index (χ4n) is 3.37. The Morgan fingerprint density at radius 2 is 1.75 bits per heavy atom. The van der Waals surface area contributed by atoms with Crippen molar-refractivity contribution in [1.82, 2.24) is 10.6 Å². The lowest BCUT2D eigenvalue weighted by Gasteiger charge is -2.29. The number of hydrogen-bond donors (Lipinski definition) is 3. The van der Waals surface area contributed by atoms with Crippen LogP contribution >= 0.6 is 0 Å². The summed E-state index contributed by atoms with van der Waals surface area (Å²) in [5, 5.41) is 5.38. The summed E-state index contributed by atoms with van der Waals surface area (Å²) in [5.74, 6) is -0.946. The number of nitrogens with zero attached hydrogens (tertiary/aromatic N) is 1. The van der Waals surface area contributed by atoms with E-state index in [1.54, 1.807) is 18.2 Å². The molecule has 1 aliphatic rings. The van der Waals surface area contributed by atoms with Gasteiger partial charge in [-0.05, 0) is 17.7 Å². The van der Waals surface area contributed by atoms with Gasteiger partial charge < -0.3 is 26.0 Å². The van der Waals surface area contributed by atoms with Crippen molar-refractivity contribution in [2.75, 3.05) is 24.6 Å². The molecule has 0 bridgehead atoms. The van der Waals surface area contributed by atoms with E-state index < -0.39 is 17.9 Å². The van der Waals surface area contributed by atoms with Crippen LogP contribution in [-0.4, -0.2) is 49.4 Å². The number of benzene rings is 2. The number of para-hydroxylation sites is 2. The zero-order chi connectivity index (χ0) is 22.9. The Bertz CT molecular complexity index is 979. The first-order chi connectivity index (χ1) is 15.4. The second-order valence-electron chi connectivity index (χ2n) is 7.37. The summed E-state index contributed by atoms with van der Waals surface area (Å²) in [4.78, 5) is 50.0. The number of amides is 4. The maximum atomic E-state index is 12.7. The highest BCUT2D eigenvalue weighted by Crippen LogP contribution is 2.31. The van der Waals surface area contributed by atoms with Gasteiger partial charge in [0.1, 0.15) is 11.8 Å². The predicted octanol–water partition coefficient (Wildman–Crippen LogP) is 0.521. The van der Waals surface area contributed by atoms with Gasteiger partial charge in [0.2, 0.25) is 17.7 Å². The molecule has 1 heterocycles. The van der Waals surface area contributed by atoms with E-state index in [1.165, 1.54) is 4.90 Å². The Labute approximate surface area is 185 Å². The molecule has 1 atom stereocenters. The van der Waals surface area contributed by atoms with E-state index >= 15 is 0 Å². The topological polar surface area (TPSA) is 131 Å². The van der Waals surface area contributed by atoms with Gasteiger partial charge in [-0.25, -0.2) is 0 Å². The number of nitrogens with one attached hydrogen (secondary N) is 2. The summed E-state index contributed by atoms with van der Waals surface area (Å²) in [7, 11) is 0. The van der Waals surface area contributed by atoms with Crippen LogP contribution in [0, 0.1) is 0 Å². The standard InChI is InChI=1S/C23H26N4O5/c24-20(28)10-12-25-23(31)17(14-16-6-2-1-3-7-16)26-21(29)11-13-27-18-8-4-5-9-19(18)32-15-22(27)30/h1-9,17H,10-15H2,(H2,24,28)(H,25,31)(H,26,29). The number of nitrogens with two attached hydrogens (primary N) is 1. The molecule has 0 aromatic heterocycles. The van der Waals surface area contributed by atoms with Crippen LogP contribution < -0.4 is 26.0 Å². The number of carbonyl (C=O) groups excluding carboxylic acids is 4. The number of hydrogen-bond acceptors (Lipinski definition) is 5. The van der Waals surface area contributed by atoms with Crippen molar-refractivity contribution in [3.8, 4) is 5.75 Å². The highest BCUT2D eigenvalue weighted by Gasteiger charge is 2.26. The first-order valence-corrected chi connectivity index (χ1v) is 10.4. The van der Waals surface area contributed by atoms with E-state index in [0.29, 0.717) is 11.4 Å². The van der Waals surface area contributed by atoms with Crippen LogP contribution in [0.3, 0.4) is 0 Å². The highest BCUT2D eigenvalue weighted by atomic mass is 16.5. The summed E-state index contributed by atoms with van der Waals surface area (Å²) in [6.45, 7) is 0.165. The lowest BCUT2D eigenvalue weighted by atomic mass is 10.0. The molecule has 0 radical (unpaired) electrons. The summed E-state index contributed by atoms with van der Waals surface area (Å²) in [5.41, 5.74) is 6.60. The van der Waals surface area contributed by atoms with Crippen molar-refractivity contribution in [2.24, 2.45) is 5.73 Å². The van der Waals surface area contributed by atoms with Crippen LogP contribution in [-0.2, 0) is 25.6 Å². The minimum Gasteiger partial charge on any atom is -0.482 e. The molecule has 9 heteroatoms. The molecule has 0 saturated heterocycles. The predicted molar refractivity (Wildman–Crippen MR) is 118 cm³/mol. The van der Waals surface area contributed by atoms with Crippen LogP contribution in [0.15, 0.2) is 54.6 Å². The largest absolute Gasteiger partial charge is 0.482 e. The lowest BCUT2D eigenvalue weighted by molar-refractivity contribution is -0.129. The molecule has 4 N–H and O–H groups in total. The summed E-state index contributed by atoms with van der Waals surface area (Å²) < 4.78 is 5.41. The third kappa shape index (κ3) is 6.31. The van der Waals surface area contributed by atoms with E-state index in [0.717, 1.165) is 5.56 Å². The zero-order valence-corrected chi connectivity index (χ0v) is 17.6. The van der Waals surface area contributed by atoms with Gasteiger partial charge in [0.05, 0.1) is 5.69 Å². The number of anilines is 1. The van der Waals surface area contributed by atoms with Crippen LogP contribution in [0.25, 0.3) is 0 Å². The number of primary amides is 1. The van der Waals surface area contributed by atoms with Gasteiger partial charge in [0, 0.05) is 32.4 Å². The summed E-state index contributed by atoms with van der Waals surface area (Å²) in [6.07, 6.45) is 0.310. The minimum atomic E-state index is -0.828. The average molecular weight is 438 g/mol. The van der Waals surface area contributed by atoms with Crippen molar-refractivity contribution in [3.05, 3.63) is 60.2 Å². The third-order valence-electron chi connectivity index (χ3n) is 4.98. The van der Waals surface area contributed by atoms with Crippen molar-refractivity contribution >= 4 is 29.3 Å². The fraction of sp³-hybridized carbons (Fsp3) is 0.304. The van der Waals surface area contributed by atoms with Crippen LogP contribution in [0.4, 0.5) is 5.69 Å². The molecule has 9 nitrogen and oxygen atoms in total. The first-order valence-electron chi connectivity index (χ1n) is 10.4. The molecule has 3 rings (SSSR count). The fourth-order valence-corrected chi connectivity index (χ4v) is 3.37. The number of fused-ring (bicyclic) bond motifs is 1. The van der Waals surface area contributed by atoms with E-state index in [4.69, 9.17) is 10.5 Å². The first kappa shape index (κ1) is 22.8. The second kappa shape index (κ2) is 10.9. The molecule has 1 unspecified atom stereocenters. The van der Waals surface area contributed by atoms with Crippen molar-refractivity contribution < 1.29 is 23.9 Å². The molecular formula is C23H26N4O5. The molecule has 32 heavy (non-hydrogen) atoms. The van der Waals surface area contributed by atoms with Crippen LogP contribution in [0.2, 0.25) is 0 Å². The van der Waals surface area contributed by atoms with Crippen molar-refractivity contribution in [1.29, 1.82) is 0 Å². The normalized spacial score (nSPS) is 13.5. The van der Waals surface area contributed by atoms with Crippen molar-refractivity contribution in [3.63, 3.8) is 0 Å². The van der Waals surface area contributed by atoms with E-state index in [2.05, 4.69) is 10.6 Å². The maximum Gasteiger partial charge on any atom is 0.265 e. The van der Waals surface area contributed by atoms with Gasteiger partial charge in [-0.3, -0.25) is 19.2 Å². The highest BCUT2D eigenvalue weighted by molar-refractivity contribution is 5.98. The van der Waals surface area contributed by atoms with E-state index in [9.17, 15) is 19.2 Å². The van der Waals surface area contributed by atoms with Gasteiger partial charge in [0.15, 0.2) is 6.61 Å². The van der Waals surface area contributed by atoms with Crippen molar-refractivity contribution in [2.45, 2.75) is 25.3 Å².